The van der Waals surface area contributed by atoms with E-state index in [2.05, 4.69) is 126 Å². The van der Waals surface area contributed by atoms with Gasteiger partial charge in [0, 0.05) is 49.3 Å². The van der Waals surface area contributed by atoms with Gasteiger partial charge in [0.05, 0.1) is 11.0 Å². The quantitative estimate of drug-likeness (QED) is 0.235. The van der Waals surface area contributed by atoms with E-state index in [9.17, 15) is 0 Å². The van der Waals surface area contributed by atoms with Gasteiger partial charge in [-0.25, -0.2) is 0 Å². The molecule has 0 aliphatic heterocycles. The van der Waals surface area contributed by atoms with Crippen molar-refractivity contribution in [2.24, 2.45) is 0 Å². The van der Waals surface area contributed by atoms with Crippen LogP contribution in [0.4, 0.5) is 0 Å². The summed E-state index contributed by atoms with van der Waals surface area (Å²) in [4.78, 5) is 7.58. The summed E-state index contributed by atoms with van der Waals surface area (Å²) >= 11 is 0. The maximum absolute atomic E-state index is 3.79. The molecule has 2 nitrogen and oxygen atoms in total. The van der Waals surface area contributed by atoms with E-state index in [1.165, 1.54) is 82.2 Å². The summed E-state index contributed by atoms with van der Waals surface area (Å²) in [6.45, 7) is 2.29. The molecule has 2 N–H and O–H groups in total. The van der Waals surface area contributed by atoms with Gasteiger partial charge in [0.15, 0.2) is 0 Å². The number of nitrogens with one attached hydrogen (secondary N) is 2. The smallest absolute Gasteiger partial charge is 0.0547 e. The highest BCUT2D eigenvalue weighted by molar-refractivity contribution is 6.20. The molecule has 0 atom stereocenters. The number of aromatic nitrogens is 2. The fourth-order valence-corrected chi connectivity index (χ4v) is 6.66. The Bertz CT molecular complexity index is 2020. The first kappa shape index (κ1) is 22.4. The second-order valence-electron chi connectivity index (χ2n) is 10.7. The minimum atomic E-state index is 1.03. The van der Waals surface area contributed by atoms with Crippen LogP contribution >= 0.6 is 0 Å². The maximum atomic E-state index is 3.79. The van der Waals surface area contributed by atoms with Crippen molar-refractivity contribution in [1.29, 1.82) is 0 Å². The maximum Gasteiger partial charge on any atom is 0.0547 e. The predicted octanol–water partition coefficient (Wildman–Crippen LogP) is 10.4. The van der Waals surface area contributed by atoms with Gasteiger partial charge in [-0.1, -0.05) is 117 Å². The van der Waals surface area contributed by atoms with Crippen LogP contribution in [0.1, 0.15) is 37.3 Å². The molecule has 0 aliphatic carbocycles. The van der Waals surface area contributed by atoms with Crippen LogP contribution in [0, 0.1) is 5.92 Å². The molecule has 2 aromatic heterocycles. The lowest BCUT2D eigenvalue weighted by Gasteiger charge is -2.22. The highest BCUT2D eigenvalue weighted by Crippen LogP contribution is 2.43. The number of fused-ring (bicyclic) bond motifs is 10. The molecule has 8 rings (SSSR count). The van der Waals surface area contributed by atoms with Crippen molar-refractivity contribution in [3.05, 3.63) is 126 Å². The largest absolute Gasteiger partial charge is 0.354 e. The van der Waals surface area contributed by atoms with Crippen LogP contribution in [0.15, 0.2) is 109 Å². The van der Waals surface area contributed by atoms with Crippen molar-refractivity contribution in [1.82, 2.24) is 9.97 Å². The van der Waals surface area contributed by atoms with Crippen LogP contribution < -0.4 is 0 Å². The number of hydrogen-bond acceptors (Lipinski definition) is 0. The third-order valence-electron chi connectivity index (χ3n) is 8.48. The Hall–Kier alpha value is -4.56. The van der Waals surface area contributed by atoms with Crippen LogP contribution in [0.3, 0.4) is 0 Å². The number of aromatic amines is 2. The molecule has 0 fully saturated rings. The summed E-state index contributed by atoms with van der Waals surface area (Å²) in [5, 5.41) is 10.3. The molecule has 39 heavy (non-hydrogen) atoms. The molecular formula is C37H29N2. The number of hydrogen-bond donors (Lipinski definition) is 2. The van der Waals surface area contributed by atoms with Crippen molar-refractivity contribution >= 4 is 65.2 Å². The zero-order valence-corrected chi connectivity index (χ0v) is 22.0. The summed E-state index contributed by atoms with van der Waals surface area (Å²) in [6.07, 6.45) is 3.33. The van der Waals surface area contributed by atoms with E-state index in [-0.39, 0.29) is 0 Å². The lowest BCUT2D eigenvalue weighted by Crippen LogP contribution is -2.05. The summed E-state index contributed by atoms with van der Waals surface area (Å²) in [5.41, 5.74) is 7.51. The lowest BCUT2D eigenvalue weighted by molar-refractivity contribution is 0.758. The number of H-pyrrole nitrogens is 2. The fourth-order valence-electron chi connectivity index (χ4n) is 6.66. The zero-order valence-electron chi connectivity index (χ0n) is 22.0. The van der Waals surface area contributed by atoms with Gasteiger partial charge in [0.2, 0.25) is 0 Å². The first-order chi connectivity index (χ1) is 19.3. The van der Waals surface area contributed by atoms with Gasteiger partial charge in [-0.2, -0.15) is 0 Å². The first-order valence-electron chi connectivity index (χ1n) is 14.0. The predicted molar refractivity (Wildman–Crippen MR) is 168 cm³/mol. The van der Waals surface area contributed by atoms with Crippen molar-refractivity contribution in [2.45, 2.75) is 26.2 Å². The minimum Gasteiger partial charge on any atom is -0.354 e. The van der Waals surface area contributed by atoms with Crippen LogP contribution in [0.2, 0.25) is 0 Å². The highest BCUT2D eigenvalue weighted by atomic mass is 14.7. The molecule has 2 heteroatoms. The molecule has 0 amide bonds. The van der Waals surface area contributed by atoms with Crippen LogP contribution in [0.5, 0.6) is 0 Å². The molecule has 187 valence electrons. The molecule has 0 saturated heterocycles. The van der Waals surface area contributed by atoms with Gasteiger partial charge in [-0.15, -0.1) is 0 Å². The first-order valence-corrected chi connectivity index (χ1v) is 14.0. The van der Waals surface area contributed by atoms with Crippen LogP contribution in [0.25, 0.3) is 65.2 Å². The zero-order chi connectivity index (χ0) is 25.9. The van der Waals surface area contributed by atoms with Crippen LogP contribution in [-0.4, -0.2) is 9.97 Å². The number of unbranched alkanes of at least 4 members (excludes halogenated alkanes) is 1. The van der Waals surface area contributed by atoms with E-state index < -0.39 is 0 Å². The Morgan fingerprint density at radius 2 is 1.03 bits per heavy atom. The average molecular weight is 502 g/mol. The van der Waals surface area contributed by atoms with E-state index in [1.807, 2.05) is 0 Å². The average Bonchev–Trinajstić information content (AvgIpc) is 3.56. The van der Waals surface area contributed by atoms with E-state index in [0.717, 1.165) is 19.3 Å². The van der Waals surface area contributed by atoms with Crippen LogP contribution in [-0.2, 0) is 0 Å². The number of para-hydroxylation sites is 2. The molecule has 8 aromatic rings. The van der Waals surface area contributed by atoms with Crippen molar-refractivity contribution in [3.63, 3.8) is 0 Å². The molecule has 2 heterocycles. The summed E-state index contributed by atoms with van der Waals surface area (Å²) in [7, 11) is 0. The third kappa shape index (κ3) is 3.34. The molecule has 0 aliphatic rings. The van der Waals surface area contributed by atoms with Gasteiger partial charge in [-0.3, -0.25) is 0 Å². The summed E-state index contributed by atoms with van der Waals surface area (Å²) < 4.78 is 0. The van der Waals surface area contributed by atoms with Gasteiger partial charge in [0.25, 0.3) is 0 Å². The van der Waals surface area contributed by atoms with Crippen molar-refractivity contribution < 1.29 is 0 Å². The highest BCUT2D eigenvalue weighted by Gasteiger charge is 2.23. The Morgan fingerprint density at radius 1 is 0.513 bits per heavy atom. The Balaban J connectivity index is 1.47. The van der Waals surface area contributed by atoms with E-state index in [4.69, 9.17) is 0 Å². The van der Waals surface area contributed by atoms with E-state index in [1.54, 1.807) is 0 Å². The Kier molecular flexibility index (Phi) is 5.03. The van der Waals surface area contributed by atoms with E-state index in [0.29, 0.717) is 0 Å². The molecule has 1 radical (unpaired) electrons. The fraction of sp³-hybridized carbons (Fsp3) is 0.108. The summed E-state index contributed by atoms with van der Waals surface area (Å²) in [6, 6.07) is 40.1. The second kappa shape index (κ2) is 8.74. The van der Waals surface area contributed by atoms with E-state index >= 15 is 0 Å². The minimum absolute atomic E-state index is 1.03. The second-order valence-corrected chi connectivity index (χ2v) is 10.7. The van der Waals surface area contributed by atoms with Gasteiger partial charge >= 0.3 is 0 Å². The molecule has 6 aromatic carbocycles. The number of benzene rings is 6. The number of rotatable bonds is 5. The molecule has 0 unspecified atom stereocenters. The van der Waals surface area contributed by atoms with Crippen molar-refractivity contribution in [3.8, 4) is 0 Å². The normalized spacial score (nSPS) is 12.3. The molecule has 0 spiro atoms. The van der Waals surface area contributed by atoms with Gasteiger partial charge in [-0.05, 0) is 40.5 Å². The Labute approximate surface area is 227 Å². The molecule has 0 saturated carbocycles. The molecular weight excluding hydrogens is 472 g/mol. The SMILES string of the molecule is CCCC[C](c1cccc2ccc3c4ccccc4[nH]c3c12)c1cccc2ccc3c4ccccc4[nH]c3c12. The monoisotopic (exact) mass is 501 g/mol. The van der Waals surface area contributed by atoms with Gasteiger partial charge < -0.3 is 9.97 Å². The third-order valence-corrected chi connectivity index (χ3v) is 8.48. The van der Waals surface area contributed by atoms with Gasteiger partial charge in [0.1, 0.15) is 0 Å². The standard InChI is InChI=1S/C37H29N2/c1-2-3-12-25(28-15-8-10-23-19-21-30-26-13-4-6-17-32(26)38-36(30)34(23)28)29-16-9-11-24-20-22-31-27-14-5-7-18-33(27)39-37(31)35(24)29/h4-11,13-22,38-39H,2-3,12H2,1H3. The summed E-state index contributed by atoms with van der Waals surface area (Å²) in [5.74, 6) is 1.42. The Morgan fingerprint density at radius 3 is 1.54 bits per heavy atom. The van der Waals surface area contributed by atoms with Crippen molar-refractivity contribution in [2.75, 3.05) is 0 Å². The molecule has 0 bridgehead atoms. The topological polar surface area (TPSA) is 31.6 Å². The lowest BCUT2D eigenvalue weighted by atomic mass is 9.81.